The van der Waals surface area contributed by atoms with Crippen LogP contribution in [0.5, 0.6) is 0 Å². The van der Waals surface area contributed by atoms with Crippen LogP contribution in [-0.4, -0.2) is 40.0 Å². The average Bonchev–Trinajstić information content (AvgIpc) is 3.70. The normalized spacial score (nSPS) is 11.9. The van der Waals surface area contributed by atoms with E-state index in [0.29, 0.717) is 35.3 Å². The maximum absolute atomic E-state index is 14.1. The molecule has 204 valence electrons. The molecule has 5 aromatic heterocycles. The van der Waals surface area contributed by atoms with Crippen LogP contribution in [0.25, 0.3) is 16.4 Å². The van der Waals surface area contributed by atoms with Crippen molar-refractivity contribution in [3.05, 3.63) is 104 Å². The molecule has 0 aliphatic rings. The molecule has 0 fully saturated rings. The number of hydrogen-bond donors (Lipinski definition) is 3. The molecule has 6 rings (SSSR count). The van der Waals surface area contributed by atoms with Crippen molar-refractivity contribution in [3.8, 4) is 11.8 Å². The summed E-state index contributed by atoms with van der Waals surface area (Å²) in [5, 5.41) is 9.35. The van der Waals surface area contributed by atoms with Gasteiger partial charge in [-0.25, -0.2) is 19.5 Å². The third kappa shape index (κ3) is 5.06. The lowest BCUT2D eigenvalue weighted by Crippen LogP contribution is -2.33. The zero-order valence-electron chi connectivity index (χ0n) is 22.3. The van der Waals surface area contributed by atoms with E-state index < -0.39 is 11.9 Å². The van der Waals surface area contributed by atoms with Crippen molar-refractivity contribution in [2.75, 3.05) is 5.73 Å². The monoisotopic (exact) mass is 563 g/mol. The maximum Gasteiger partial charge on any atom is 0.259 e. The Labute approximate surface area is 238 Å². The summed E-state index contributed by atoms with van der Waals surface area (Å²) in [5.74, 6) is 5.94. The number of carbonyl (C=O) groups excluding carboxylic acids is 1. The second kappa shape index (κ2) is 10.7. The molecular formula is C29H25N9O2S. The van der Waals surface area contributed by atoms with E-state index in [1.165, 1.54) is 15.9 Å². The quantitative estimate of drug-likeness (QED) is 0.263. The van der Waals surface area contributed by atoms with Gasteiger partial charge in [0.25, 0.3) is 11.5 Å². The molecule has 6 aromatic rings. The molecule has 0 aliphatic heterocycles. The number of aryl methyl sites for hydroxylation is 2. The van der Waals surface area contributed by atoms with Gasteiger partial charge in [0.15, 0.2) is 11.5 Å². The van der Waals surface area contributed by atoms with Gasteiger partial charge >= 0.3 is 0 Å². The minimum Gasteiger partial charge on any atom is -0.381 e. The van der Waals surface area contributed by atoms with Gasteiger partial charge < -0.3 is 20.6 Å². The first-order valence-corrected chi connectivity index (χ1v) is 13.7. The van der Waals surface area contributed by atoms with Gasteiger partial charge in [-0.05, 0) is 43.4 Å². The van der Waals surface area contributed by atoms with E-state index >= 15 is 0 Å². The number of nitrogens with two attached hydrogens (primary N) is 1. The summed E-state index contributed by atoms with van der Waals surface area (Å²) >= 11 is 1.50. The predicted octanol–water partition coefficient (Wildman–Crippen LogP) is 3.25. The van der Waals surface area contributed by atoms with Crippen LogP contribution in [0.1, 0.15) is 50.2 Å². The Morgan fingerprint density at radius 1 is 1.22 bits per heavy atom. The highest BCUT2D eigenvalue weighted by Gasteiger charge is 2.23. The number of fused-ring (bicyclic) bond motifs is 2. The summed E-state index contributed by atoms with van der Waals surface area (Å²) in [6.45, 7) is 4.12. The SMILES string of the molecule is Cc1ncc(C#Cc2cccc3cc(C(C)NC(=O)c4c(N)nn5cccnc45)n(CCc4cnc[nH]4)c(=O)c23)s1. The summed E-state index contributed by atoms with van der Waals surface area (Å²) in [6, 6.07) is 8.67. The number of benzene rings is 1. The predicted molar refractivity (Wildman–Crippen MR) is 157 cm³/mol. The van der Waals surface area contributed by atoms with Crippen LogP contribution in [0.2, 0.25) is 0 Å². The van der Waals surface area contributed by atoms with Gasteiger partial charge in [-0.1, -0.05) is 18.1 Å². The van der Waals surface area contributed by atoms with Crippen LogP contribution < -0.4 is 16.6 Å². The molecule has 0 saturated heterocycles. The van der Waals surface area contributed by atoms with Crippen LogP contribution in [0.3, 0.4) is 0 Å². The largest absolute Gasteiger partial charge is 0.381 e. The molecule has 41 heavy (non-hydrogen) atoms. The smallest absolute Gasteiger partial charge is 0.259 e. The van der Waals surface area contributed by atoms with Crippen LogP contribution in [0, 0.1) is 18.8 Å². The summed E-state index contributed by atoms with van der Waals surface area (Å²) in [5.41, 5.74) is 8.57. The topological polar surface area (TPSA) is 149 Å². The summed E-state index contributed by atoms with van der Waals surface area (Å²) in [4.78, 5) is 44.0. The van der Waals surface area contributed by atoms with E-state index in [2.05, 4.69) is 42.2 Å². The fraction of sp³-hybridized carbons (Fsp3) is 0.172. The van der Waals surface area contributed by atoms with Crippen molar-refractivity contribution in [1.29, 1.82) is 0 Å². The zero-order chi connectivity index (χ0) is 28.5. The van der Waals surface area contributed by atoms with Crippen molar-refractivity contribution < 1.29 is 4.79 Å². The minimum atomic E-state index is -0.547. The molecule has 1 atom stereocenters. The molecule has 5 heterocycles. The van der Waals surface area contributed by atoms with E-state index in [1.807, 2.05) is 38.1 Å². The summed E-state index contributed by atoms with van der Waals surface area (Å²) in [6.07, 6.45) is 8.85. The molecule has 1 unspecified atom stereocenters. The lowest BCUT2D eigenvalue weighted by molar-refractivity contribution is 0.0940. The lowest BCUT2D eigenvalue weighted by atomic mass is 10.0. The van der Waals surface area contributed by atoms with Gasteiger partial charge in [0.2, 0.25) is 0 Å². The highest BCUT2D eigenvalue weighted by molar-refractivity contribution is 7.12. The third-order valence-corrected chi connectivity index (χ3v) is 7.54. The number of nitrogen functional groups attached to an aromatic ring is 1. The van der Waals surface area contributed by atoms with Crippen LogP contribution in [0.15, 0.2) is 66.2 Å². The van der Waals surface area contributed by atoms with E-state index in [4.69, 9.17) is 5.73 Å². The number of amides is 1. The Morgan fingerprint density at radius 2 is 2.10 bits per heavy atom. The standard InChI is InChI=1S/C29H25N9O2S/c1-17(35-28(39)25-26(30)36-38-11-4-10-32-27(25)38)23-13-20-6-3-5-19(7-8-22-15-33-18(2)41-22)24(20)29(40)37(23)12-9-21-14-31-16-34-21/h3-6,10-11,13-17H,9,12H2,1-2H3,(H2,30,36)(H,31,34)(H,35,39). The number of nitrogens with zero attached hydrogens (tertiary/aromatic N) is 6. The number of aromatic nitrogens is 7. The van der Waals surface area contributed by atoms with Gasteiger partial charge in [0, 0.05) is 48.5 Å². The molecular weight excluding hydrogens is 538 g/mol. The van der Waals surface area contributed by atoms with E-state index in [9.17, 15) is 9.59 Å². The van der Waals surface area contributed by atoms with E-state index in [-0.39, 0.29) is 16.9 Å². The second-order valence-corrected chi connectivity index (χ2v) is 10.7. The van der Waals surface area contributed by atoms with Gasteiger partial charge in [-0.15, -0.1) is 16.4 Å². The van der Waals surface area contributed by atoms with Gasteiger partial charge in [0.1, 0.15) is 5.56 Å². The molecule has 4 N–H and O–H groups in total. The molecule has 0 spiro atoms. The average molecular weight is 564 g/mol. The summed E-state index contributed by atoms with van der Waals surface area (Å²) in [7, 11) is 0. The Morgan fingerprint density at radius 3 is 2.88 bits per heavy atom. The van der Waals surface area contributed by atoms with Crippen LogP contribution in [0.4, 0.5) is 5.82 Å². The Bertz CT molecular complexity index is 2030. The van der Waals surface area contributed by atoms with Crippen molar-refractivity contribution in [2.24, 2.45) is 0 Å². The van der Waals surface area contributed by atoms with Crippen molar-refractivity contribution in [2.45, 2.75) is 32.9 Å². The molecule has 1 aromatic carbocycles. The molecule has 0 aliphatic carbocycles. The number of carbonyl (C=O) groups is 1. The van der Waals surface area contributed by atoms with Crippen LogP contribution >= 0.6 is 11.3 Å². The van der Waals surface area contributed by atoms with Crippen molar-refractivity contribution in [3.63, 3.8) is 0 Å². The number of H-pyrrole nitrogens is 1. The Hall–Kier alpha value is -5.28. The highest BCUT2D eigenvalue weighted by Crippen LogP contribution is 2.23. The number of aromatic amines is 1. The zero-order valence-corrected chi connectivity index (χ0v) is 23.1. The van der Waals surface area contributed by atoms with Gasteiger partial charge in [-0.3, -0.25) is 9.59 Å². The number of anilines is 1. The molecule has 1 amide bonds. The number of rotatable bonds is 6. The second-order valence-electron chi connectivity index (χ2n) is 9.46. The van der Waals surface area contributed by atoms with E-state index in [1.54, 1.807) is 41.7 Å². The number of pyridine rings is 1. The molecule has 12 heteroatoms. The Kier molecular flexibility index (Phi) is 6.78. The number of hydrogen-bond acceptors (Lipinski definition) is 8. The van der Waals surface area contributed by atoms with Crippen molar-refractivity contribution in [1.82, 2.24) is 39.4 Å². The lowest BCUT2D eigenvalue weighted by Gasteiger charge is -2.21. The number of imidazole rings is 1. The van der Waals surface area contributed by atoms with E-state index in [0.717, 1.165) is 21.0 Å². The molecule has 0 saturated carbocycles. The third-order valence-electron chi connectivity index (χ3n) is 6.71. The number of thiazole rings is 1. The minimum absolute atomic E-state index is 0.0721. The first kappa shape index (κ1) is 26.0. The fourth-order valence-electron chi connectivity index (χ4n) is 4.78. The van der Waals surface area contributed by atoms with Gasteiger partial charge in [-0.2, -0.15) is 0 Å². The fourth-order valence-corrected chi connectivity index (χ4v) is 5.41. The molecule has 0 bridgehead atoms. The Balaban J connectivity index is 1.42. The summed E-state index contributed by atoms with van der Waals surface area (Å²) < 4.78 is 3.15. The molecule has 11 nitrogen and oxygen atoms in total. The van der Waals surface area contributed by atoms with Crippen molar-refractivity contribution >= 4 is 39.5 Å². The van der Waals surface area contributed by atoms with Gasteiger partial charge in [0.05, 0.1) is 33.8 Å². The van der Waals surface area contributed by atoms with Crippen LogP contribution in [-0.2, 0) is 13.0 Å². The first-order valence-electron chi connectivity index (χ1n) is 12.9. The maximum atomic E-state index is 14.1. The first-order chi connectivity index (χ1) is 19.9. The highest BCUT2D eigenvalue weighted by atomic mass is 32.1. The molecule has 0 radical (unpaired) electrons. The number of nitrogens with one attached hydrogen (secondary N) is 2.